The van der Waals surface area contributed by atoms with Gasteiger partial charge in [0.2, 0.25) is 0 Å². The van der Waals surface area contributed by atoms with E-state index in [1.807, 2.05) is 11.3 Å². The van der Waals surface area contributed by atoms with Gasteiger partial charge in [-0.3, -0.25) is 0 Å². The van der Waals surface area contributed by atoms with E-state index in [1.54, 1.807) is 4.88 Å². The zero-order valence-electron chi connectivity index (χ0n) is 5.89. The summed E-state index contributed by atoms with van der Waals surface area (Å²) in [5.41, 5.74) is 1.48. The van der Waals surface area contributed by atoms with E-state index in [1.165, 1.54) is 15.8 Å². The molecule has 2 heterocycles. The monoisotopic (exact) mass is 297 g/mol. The predicted octanol–water partition coefficient (Wildman–Crippen LogP) is 2.73. The fourth-order valence-electron chi connectivity index (χ4n) is 1.22. The van der Waals surface area contributed by atoms with Crippen molar-refractivity contribution < 1.29 is 0 Å². The number of nitrogens with one attached hydrogen (secondary N) is 1. The molecule has 0 aliphatic carbocycles. The summed E-state index contributed by atoms with van der Waals surface area (Å²) in [7, 11) is 0. The molecule has 0 amide bonds. The highest BCUT2D eigenvalue weighted by molar-refractivity contribution is 9.11. The van der Waals surface area contributed by atoms with E-state index in [9.17, 15) is 0 Å². The van der Waals surface area contributed by atoms with Crippen molar-refractivity contribution in [3.05, 3.63) is 20.3 Å². The lowest BCUT2D eigenvalue weighted by molar-refractivity contribution is 0.653. The molecule has 1 N–H and O–H groups in total. The molecule has 1 nitrogen and oxygen atoms in total. The lowest BCUT2D eigenvalue weighted by atomic mass is 10.1. The molecule has 1 aliphatic rings. The second-order valence-corrected chi connectivity index (χ2v) is 4.94. The minimum Gasteiger partial charge on any atom is -0.312 e. The lowest BCUT2D eigenvalue weighted by Gasteiger charge is -2.10. The van der Waals surface area contributed by atoms with Gasteiger partial charge in [0.15, 0.2) is 0 Å². The number of thiophene rings is 1. The molecule has 0 atom stereocenters. The molecular formula is C7H9Br2NS. The maximum atomic E-state index is 3.48. The second-order valence-electron chi connectivity index (χ2n) is 2.43. The summed E-state index contributed by atoms with van der Waals surface area (Å²) in [5.74, 6) is 0. The first-order chi connectivity index (χ1) is 4.86. The van der Waals surface area contributed by atoms with Gasteiger partial charge in [-0.25, -0.2) is 0 Å². The van der Waals surface area contributed by atoms with Crippen molar-refractivity contribution in [1.82, 2.24) is 5.32 Å². The molecule has 1 aromatic rings. The van der Waals surface area contributed by atoms with Crippen LogP contribution in [0.2, 0.25) is 0 Å². The molecule has 0 bridgehead atoms. The van der Waals surface area contributed by atoms with Gasteiger partial charge >= 0.3 is 0 Å². The van der Waals surface area contributed by atoms with Crippen LogP contribution in [0.5, 0.6) is 0 Å². The fraction of sp³-hybridized carbons (Fsp3) is 0.429. The Morgan fingerprint density at radius 1 is 1.55 bits per heavy atom. The maximum absolute atomic E-state index is 3.48. The molecule has 0 unspecified atom stereocenters. The number of halogens is 2. The van der Waals surface area contributed by atoms with E-state index in [4.69, 9.17) is 0 Å². The first-order valence-corrected chi connectivity index (χ1v) is 4.95. The van der Waals surface area contributed by atoms with E-state index < -0.39 is 0 Å². The predicted molar refractivity (Wildman–Crippen MR) is 57.8 cm³/mol. The Kier molecular flexibility index (Phi) is 3.55. The Hall–Kier alpha value is 0.620. The molecular weight excluding hydrogens is 290 g/mol. The van der Waals surface area contributed by atoms with Gasteiger partial charge in [0.05, 0.1) is 3.79 Å². The average molecular weight is 299 g/mol. The van der Waals surface area contributed by atoms with Gasteiger partial charge in [0.1, 0.15) is 0 Å². The molecule has 0 saturated carbocycles. The van der Waals surface area contributed by atoms with Gasteiger partial charge in [-0.1, -0.05) is 0 Å². The Morgan fingerprint density at radius 3 is 3.09 bits per heavy atom. The van der Waals surface area contributed by atoms with Crippen molar-refractivity contribution in [3.63, 3.8) is 0 Å². The number of rotatable bonds is 0. The van der Waals surface area contributed by atoms with Crippen LogP contribution < -0.4 is 5.32 Å². The Balaban J connectivity index is 0.000000605. The van der Waals surface area contributed by atoms with Crippen LogP contribution in [0.1, 0.15) is 10.4 Å². The molecule has 1 aliphatic heterocycles. The van der Waals surface area contributed by atoms with Crippen molar-refractivity contribution in [2.24, 2.45) is 0 Å². The van der Waals surface area contributed by atoms with E-state index in [0.717, 1.165) is 13.1 Å². The molecule has 0 fully saturated rings. The highest BCUT2D eigenvalue weighted by Gasteiger charge is 2.10. The van der Waals surface area contributed by atoms with Crippen LogP contribution in [0.4, 0.5) is 0 Å². The minimum atomic E-state index is 0. The quantitative estimate of drug-likeness (QED) is 0.777. The van der Waals surface area contributed by atoms with Crippen LogP contribution in [0.3, 0.4) is 0 Å². The molecule has 0 saturated heterocycles. The zero-order valence-corrected chi connectivity index (χ0v) is 10.0. The SMILES string of the molecule is Br.Brc1cc2c(s1)CCNC2. The summed E-state index contributed by atoms with van der Waals surface area (Å²) < 4.78 is 1.27. The standard InChI is InChI=1S/C7H8BrNS.BrH/c8-7-3-5-4-9-2-1-6(5)10-7;/h3,9H,1-2,4H2;1H. The van der Waals surface area contributed by atoms with Gasteiger partial charge in [-0.15, -0.1) is 28.3 Å². The maximum Gasteiger partial charge on any atom is 0.0704 e. The number of hydrogen-bond donors (Lipinski definition) is 1. The zero-order chi connectivity index (χ0) is 6.97. The fourth-order valence-corrected chi connectivity index (χ4v) is 2.98. The van der Waals surface area contributed by atoms with Crippen LogP contribution in [-0.4, -0.2) is 6.54 Å². The summed E-state index contributed by atoms with van der Waals surface area (Å²) in [6, 6.07) is 2.21. The molecule has 2 rings (SSSR count). The lowest BCUT2D eigenvalue weighted by Crippen LogP contribution is -2.21. The molecule has 0 aromatic carbocycles. The summed E-state index contributed by atoms with van der Waals surface area (Å²) in [6.07, 6.45) is 1.20. The summed E-state index contributed by atoms with van der Waals surface area (Å²) in [4.78, 5) is 1.55. The van der Waals surface area contributed by atoms with Crippen LogP contribution in [-0.2, 0) is 13.0 Å². The van der Waals surface area contributed by atoms with Crippen LogP contribution >= 0.6 is 44.2 Å². The Bertz CT molecular complexity index is 223. The van der Waals surface area contributed by atoms with E-state index in [0.29, 0.717) is 0 Å². The second kappa shape index (κ2) is 4.03. The van der Waals surface area contributed by atoms with E-state index >= 15 is 0 Å². The summed E-state index contributed by atoms with van der Waals surface area (Å²) in [5, 5.41) is 3.34. The third-order valence-electron chi connectivity index (χ3n) is 1.71. The van der Waals surface area contributed by atoms with Crippen molar-refractivity contribution >= 4 is 44.2 Å². The van der Waals surface area contributed by atoms with Crippen LogP contribution in [0.15, 0.2) is 9.85 Å². The van der Waals surface area contributed by atoms with Gasteiger partial charge < -0.3 is 5.32 Å². The van der Waals surface area contributed by atoms with Crippen LogP contribution in [0, 0.1) is 0 Å². The number of fused-ring (bicyclic) bond motifs is 1. The van der Waals surface area contributed by atoms with Crippen molar-refractivity contribution in [3.8, 4) is 0 Å². The van der Waals surface area contributed by atoms with Gasteiger partial charge in [0.25, 0.3) is 0 Å². The third kappa shape index (κ3) is 2.05. The van der Waals surface area contributed by atoms with E-state index in [2.05, 4.69) is 27.3 Å². The normalized spacial score (nSPS) is 15.4. The first kappa shape index (κ1) is 9.71. The van der Waals surface area contributed by atoms with Gasteiger partial charge in [-0.05, 0) is 34.0 Å². The van der Waals surface area contributed by atoms with Gasteiger partial charge in [0, 0.05) is 18.0 Å². The molecule has 0 spiro atoms. The topological polar surface area (TPSA) is 12.0 Å². The molecule has 0 radical (unpaired) electrons. The van der Waals surface area contributed by atoms with E-state index in [-0.39, 0.29) is 17.0 Å². The molecule has 11 heavy (non-hydrogen) atoms. The largest absolute Gasteiger partial charge is 0.312 e. The van der Waals surface area contributed by atoms with Gasteiger partial charge in [-0.2, -0.15) is 0 Å². The molecule has 4 heteroatoms. The minimum absolute atomic E-state index is 0. The van der Waals surface area contributed by atoms with Crippen molar-refractivity contribution in [2.45, 2.75) is 13.0 Å². The first-order valence-electron chi connectivity index (χ1n) is 3.34. The highest BCUT2D eigenvalue weighted by atomic mass is 79.9. The van der Waals surface area contributed by atoms with Crippen LogP contribution in [0.25, 0.3) is 0 Å². The third-order valence-corrected chi connectivity index (χ3v) is 3.45. The molecule has 1 aromatic heterocycles. The highest BCUT2D eigenvalue weighted by Crippen LogP contribution is 2.28. The summed E-state index contributed by atoms with van der Waals surface area (Å²) in [6.45, 7) is 2.19. The summed E-state index contributed by atoms with van der Waals surface area (Å²) >= 11 is 5.35. The Morgan fingerprint density at radius 2 is 2.36 bits per heavy atom. The Labute approximate surface area is 89.1 Å². The van der Waals surface area contributed by atoms with Crippen molar-refractivity contribution in [1.29, 1.82) is 0 Å². The molecule has 62 valence electrons. The smallest absolute Gasteiger partial charge is 0.0704 e. The number of hydrogen-bond acceptors (Lipinski definition) is 2. The van der Waals surface area contributed by atoms with Crippen molar-refractivity contribution in [2.75, 3.05) is 6.54 Å². The average Bonchev–Trinajstić information content (AvgIpc) is 2.27.